The van der Waals surface area contributed by atoms with Crippen LogP contribution in [0.5, 0.6) is 11.5 Å². The molecule has 1 unspecified atom stereocenters. The van der Waals surface area contributed by atoms with Gasteiger partial charge in [-0.15, -0.1) is 0 Å². The van der Waals surface area contributed by atoms with Gasteiger partial charge in [-0.05, 0) is 53.3 Å². The Morgan fingerprint density at radius 3 is 2.37 bits per heavy atom. The lowest BCUT2D eigenvalue weighted by atomic mass is 9.85. The Balaban J connectivity index is 1.91. The highest BCUT2D eigenvalue weighted by Crippen LogP contribution is 2.43. The number of amides is 1. The predicted octanol–water partition coefficient (Wildman–Crippen LogP) is 7.06. The van der Waals surface area contributed by atoms with Crippen LogP contribution in [0.3, 0.4) is 0 Å². The van der Waals surface area contributed by atoms with Gasteiger partial charge in [0.05, 0.1) is 30.4 Å². The summed E-state index contributed by atoms with van der Waals surface area (Å²) >= 11 is 6.18. The number of aliphatic hydroxyl groups excluding tert-OH is 1. The molecule has 1 aliphatic rings. The molecule has 3 aromatic rings. The third kappa shape index (κ3) is 5.27. The largest absolute Gasteiger partial charge is 0.507 e. The molecule has 1 atom stereocenters. The molecule has 0 aromatic heterocycles. The zero-order chi connectivity index (χ0) is 27.6. The van der Waals surface area contributed by atoms with Crippen molar-refractivity contribution >= 4 is 34.7 Å². The summed E-state index contributed by atoms with van der Waals surface area (Å²) in [5.41, 5.74) is 2.53. The van der Waals surface area contributed by atoms with Crippen molar-refractivity contribution in [1.82, 2.24) is 0 Å². The topological polar surface area (TPSA) is 76.1 Å². The Morgan fingerprint density at radius 1 is 1.03 bits per heavy atom. The van der Waals surface area contributed by atoms with E-state index in [1.165, 1.54) is 12.0 Å². The van der Waals surface area contributed by atoms with E-state index in [2.05, 4.69) is 20.8 Å². The van der Waals surface area contributed by atoms with Crippen molar-refractivity contribution < 1.29 is 24.2 Å². The Bertz CT molecular complexity index is 1390. The van der Waals surface area contributed by atoms with Crippen molar-refractivity contribution in [3.63, 3.8) is 0 Å². The van der Waals surface area contributed by atoms with Crippen molar-refractivity contribution in [2.24, 2.45) is 0 Å². The van der Waals surface area contributed by atoms with Gasteiger partial charge in [-0.3, -0.25) is 14.5 Å². The van der Waals surface area contributed by atoms with Crippen molar-refractivity contribution in [1.29, 1.82) is 0 Å². The van der Waals surface area contributed by atoms with Crippen LogP contribution in [0.15, 0.2) is 72.3 Å². The first-order chi connectivity index (χ1) is 18.1. The van der Waals surface area contributed by atoms with E-state index in [4.69, 9.17) is 21.1 Å². The van der Waals surface area contributed by atoms with E-state index in [0.717, 1.165) is 12.0 Å². The molecule has 1 amide bonds. The molecule has 1 aliphatic heterocycles. The number of hydrogen-bond donors (Lipinski definition) is 1. The molecular formula is C31H32ClNO5. The van der Waals surface area contributed by atoms with Crippen LogP contribution in [0, 0.1) is 0 Å². The maximum Gasteiger partial charge on any atom is 0.300 e. The highest BCUT2D eigenvalue weighted by molar-refractivity contribution is 6.51. The average molecular weight is 534 g/mol. The minimum Gasteiger partial charge on any atom is -0.507 e. The van der Waals surface area contributed by atoms with Crippen LogP contribution >= 0.6 is 11.6 Å². The number of nitrogens with zero attached hydrogens (tertiary/aromatic N) is 1. The summed E-state index contributed by atoms with van der Waals surface area (Å²) in [6.45, 7) is 8.88. The first-order valence-electron chi connectivity index (χ1n) is 12.5. The fourth-order valence-corrected chi connectivity index (χ4v) is 4.68. The molecular weight excluding hydrogens is 502 g/mol. The van der Waals surface area contributed by atoms with Crippen LogP contribution < -0.4 is 14.4 Å². The molecule has 38 heavy (non-hydrogen) atoms. The number of hydrogen-bond acceptors (Lipinski definition) is 5. The number of ether oxygens (including phenoxy) is 2. The van der Waals surface area contributed by atoms with Crippen LogP contribution in [0.2, 0.25) is 5.02 Å². The molecule has 0 radical (unpaired) electrons. The number of halogens is 1. The molecule has 3 aromatic carbocycles. The Labute approximate surface area is 228 Å². The summed E-state index contributed by atoms with van der Waals surface area (Å²) in [7, 11) is 1.47. The van der Waals surface area contributed by atoms with E-state index in [9.17, 15) is 14.7 Å². The fourth-order valence-electron chi connectivity index (χ4n) is 4.49. The normalized spacial score (nSPS) is 17.1. The zero-order valence-corrected chi connectivity index (χ0v) is 23.0. The van der Waals surface area contributed by atoms with E-state index >= 15 is 0 Å². The van der Waals surface area contributed by atoms with Crippen molar-refractivity contribution in [2.45, 2.75) is 45.6 Å². The molecule has 4 rings (SSSR count). The number of anilines is 1. The van der Waals surface area contributed by atoms with Gasteiger partial charge in [0.1, 0.15) is 17.3 Å². The van der Waals surface area contributed by atoms with Gasteiger partial charge < -0.3 is 14.6 Å². The third-order valence-corrected chi connectivity index (χ3v) is 6.84. The minimum atomic E-state index is -0.855. The maximum absolute atomic E-state index is 13.5. The van der Waals surface area contributed by atoms with Crippen LogP contribution in [0.4, 0.5) is 5.69 Å². The Morgan fingerprint density at radius 2 is 1.74 bits per heavy atom. The quantitative estimate of drug-likeness (QED) is 0.200. The van der Waals surface area contributed by atoms with Gasteiger partial charge in [-0.1, -0.05) is 69.6 Å². The van der Waals surface area contributed by atoms with Gasteiger partial charge >= 0.3 is 0 Å². The van der Waals surface area contributed by atoms with Gasteiger partial charge in [-0.25, -0.2) is 0 Å². The van der Waals surface area contributed by atoms with Crippen LogP contribution in [0.25, 0.3) is 5.76 Å². The van der Waals surface area contributed by atoms with Gasteiger partial charge in [-0.2, -0.15) is 0 Å². The standard InChI is InChI=1S/C31H32ClNO5/c1-6-16-38-23-9-7-8-22(18-23)33-27(19-10-13-21(14-11-19)31(2,3)4)26(29(35)30(33)36)28(34)20-12-15-24(32)25(17-20)37-5/h7-15,17-18,27,34H,6,16H2,1-5H3/b28-26+. The molecule has 6 nitrogen and oxygen atoms in total. The molecule has 0 spiro atoms. The first-order valence-corrected chi connectivity index (χ1v) is 12.9. The van der Waals surface area contributed by atoms with E-state index < -0.39 is 17.7 Å². The van der Waals surface area contributed by atoms with Gasteiger partial charge in [0.15, 0.2) is 0 Å². The number of benzene rings is 3. The van der Waals surface area contributed by atoms with E-state index in [-0.39, 0.29) is 16.7 Å². The van der Waals surface area contributed by atoms with Gasteiger partial charge in [0, 0.05) is 17.3 Å². The van der Waals surface area contributed by atoms with Crippen molar-refractivity contribution in [2.75, 3.05) is 18.6 Å². The molecule has 1 N–H and O–H groups in total. The molecule has 0 bridgehead atoms. The molecule has 1 heterocycles. The Kier molecular flexibility index (Phi) is 7.83. The van der Waals surface area contributed by atoms with Crippen LogP contribution in [-0.2, 0) is 15.0 Å². The van der Waals surface area contributed by atoms with E-state index in [1.807, 2.05) is 37.3 Å². The fraction of sp³-hybridized carbons (Fsp3) is 0.290. The number of carbonyl (C=O) groups excluding carboxylic acids is 2. The molecule has 7 heteroatoms. The second-order valence-electron chi connectivity index (χ2n) is 10.2. The highest BCUT2D eigenvalue weighted by Gasteiger charge is 2.47. The highest BCUT2D eigenvalue weighted by atomic mass is 35.5. The zero-order valence-electron chi connectivity index (χ0n) is 22.2. The summed E-state index contributed by atoms with van der Waals surface area (Å²) in [5.74, 6) is -0.873. The summed E-state index contributed by atoms with van der Waals surface area (Å²) < 4.78 is 11.1. The molecule has 1 saturated heterocycles. The summed E-state index contributed by atoms with van der Waals surface area (Å²) in [6, 6.07) is 18.7. The predicted molar refractivity (Wildman–Crippen MR) is 150 cm³/mol. The van der Waals surface area contributed by atoms with Gasteiger partial charge in [0.25, 0.3) is 11.7 Å². The summed E-state index contributed by atoms with van der Waals surface area (Å²) in [5, 5.41) is 11.8. The number of methoxy groups -OCH3 is 1. The average Bonchev–Trinajstić information content (AvgIpc) is 3.17. The van der Waals surface area contributed by atoms with E-state index in [1.54, 1.807) is 36.4 Å². The third-order valence-electron chi connectivity index (χ3n) is 6.53. The molecule has 198 valence electrons. The van der Waals surface area contributed by atoms with Crippen molar-refractivity contribution in [3.8, 4) is 11.5 Å². The molecule has 1 fully saturated rings. The van der Waals surface area contributed by atoms with E-state index in [0.29, 0.717) is 39.9 Å². The molecule has 0 saturated carbocycles. The van der Waals surface area contributed by atoms with Crippen LogP contribution in [-0.4, -0.2) is 30.5 Å². The maximum atomic E-state index is 13.5. The number of carbonyl (C=O) groups is 2. The lowest BCUT2D eigenvalue weighted by molar-refractivity contribution is -0.132. The summed E-state index contributed by atoms with van der Waals surface area (Å²) in [6.07, 6.45) is 0.833. The smallest absolute Gasteiger partial charge is 0.300 e. The minimum absolute atomic E-state index is 0.0113. The van der Waals surface area contributed by atoms with Crippen molar-refractivity contribution in [3.05, 3.63) is 94.0 Å². The second-order valence-corrected chi connectivity index (χ2v) is 10.6. The number of ketones is 1. The lowest BCUT2D eigenvalue weighted by Gasteiger charge is -2.27. The lowest BCUT2D eigenvalue weighted by Crippen LogP contribution is -2.29. The van der Waals surface area contributed by atoms with Gasteiger partial charge in [0.2, 0.25) is 0 Å². The monoisotopic (exact) mass is 533 g/mol. The first kappa shape index (κ1) is 27.3. The summed E-state index contributed by atoms with van der Waals surface area (Å²) in [4.78, 5) is 28.4. The molecule has 0 aliphatic carbocycles. The SMILES string of the molecule is CCCOc1cccc(N2C(=O)C(=O)/C(=C(/O)c3ccc(Cl)c(OC)c3)C2c2ccc(C(C)(C)C)cc2)c1. The number of aliphatic hydroxyl groups is 1. The number of rotatable bonds is 7. The Hall–Kier alpha value is -3.77. The number of Topliss-reactive ketones (excluding diaryl/α,β-unsaturated/α-hetero) is 1. The van der Waals surface area contributed by atoms with Crippen LogP contribution in [0.1, 0.15) is 56.8 Å². The second kappa shape index (κ2) is 10.9.